The summed E-state index contributed by atoms with van der Waals surface area (Å²) >= 11 is 0. The van der Waals surface area contributed by atoms with Crippen molar-refractivity contribution in [3.8, 4) is 17.2 Å². The van der Waals surface area contributed by atoms with Crippen molar-refractivity contribution in [3.05, 3.63) is 59.7 Å². The highest BCUT2D eigenvalue weighted by molar-refractivity contribution is 6.07. The van der Waals surface area contributed by atoms with E-state index in [-0.39, 0.29) is 5.78 Å². The van der Waals surface area contributed by atoms with Crippen LogP contribution < -0.4 is 14.2 Å². The second-order valence-electron chi connectivity index (χ2n) is 9.65. The third-order valence-electron chi connectivity index (χ3n) is 6.30. The van der Waals surface area contributed by atoms with Crippen LogP contribution in [0, 0.1) is 0 Å². The molecule has 4 heteroatoms. The van der Waals surface area contributed by atoms with Gasteiger partial charge in [0.05, 0.1) is 19.8 Å². The lowest BCUT2D eigenvalue weighted by molar-refractivity contribution is 0.104. The van der Waals surface area contributed by atoms with Crippen LogP contribution in [0.25, 0.3) is 6.08 Å². The summed E-state index contributed by atoms with van der Waals surface area (Å²) in [5, 5.41) is 0. The van der Waals surface area contributed by atoms with Gasteiger partial charge in [0.2, 0.25) is 0 Å². The van der Waals surface area contributed by atoms with Gasteiger partial charge in [0.25, 0.3) is 0 Å². The number of hydrogen-bond acceptors (Lipinski definition) is 4. The van der Waals surface area contributed by atoms with Gasteiger partial charge in [-0.25, -0.2) is 0 Å². The van der Waals surface area contributed by atoms with Crippen molar-refractivity contribution >= 4 is 11.9 Å². The van der Waals surface area contributed by atoms with Crippen LogP contribution in [0.1, 0.15) is 114 Å². The molecule has 0 aliphatic rings. The molecular formula is C33H48O4. The summed E-state index contributed by atoms with van der Waals surface area (Å²) in [4.78, 5) is 13.0. The third kappa shape index (κ3) is 12.9. The van der Waals surface area contributed by atoms with E-state index in [1.807, 2.05) is 48.5 Å². The molecule has 37 heavy (non-hydrogen) atoms. The van der Waals surface area contributed by atoms with Gasteiger partial charge in [0.15, 0.2) is 5.78 Å². The molecule has 0 bridgehead atoms. The summed E-state index contributed by atoms with van der Waals surface area (Å²) < 4.78 is 17.9. The van der Waals surface area contributed by atoms with Crippen LogP contribution in [0.2, 0.25) is 0 Å². The maximum absolute atomic E-state index is 13.0. The van der Waals surface area contributed by atoms with Crippen molar-refractivity contribution in [1.82, 2.24) is 0 Å². The number of unbranched alkanes of at least 4 members (excludes halogenated alkanes) is 9. The second-order valence-corrected chi connectivity index (χ2v) is 9.65. The molecule has 0 radical (unpaired) electrons. The van der Waals surface area contributed by atoms with Gasteiger partial charge in [-0.05, 0) is 61.7 Å². The Bertz CT molecular complexity index is 918. The molecule has 0 fully saturated rings. The lowest BCUT2D eigenvalue weighted by Gasteiger charge is -2.12. The number of rotatable bonds is 21. The molecule has 0 aliphatic carbocycles. The highest BCUT2D eigenvalue weighted by Crippen LogP contribution is 2.27. The normalized spacial score (nSPS) is 11.1. The lowest BCUT2D eigenvalue weighted by atomic mass is 10.1. The standard InChI is InChI=1S/C33H48O4/c1-4-7-10-13-23-35-30-18-16-17-28(26-30)32(34)21-19-29-27-31(36-24-14-11-8-5-2)20-22-33(29)37-25-15-12-9-6-3/h16-22,26-27H,4-15,23-25H2,1-3H3. The topological polar surface area (TPSA) is 44.8 Å². The van der Waals surface area contributed by atoms with Crippen molar-refractivity contribution in [2.75, 3.05) is 19.8 Å². The maximum atomic E-state index is 13.0. The van der Waals surface area contributed by atoms with Crippen molar-refractivity contribution in [3.63, 3.8) is 0 Å². The first kappa shape index (κ1) is 30.5. The van der Waals surface area contributed by atoms with Crippen molar-refractivity contribution in [2.45, 2.75) is 97.8 Å². The van der Waals surface area contributed by atoms with Gasteiger partial charge in [-0.1, -0.05) is 90.7 Å². The van der Waals surface area contributed by atoms with Gasteiger partial charge < -0.3 is 14.2 Å². The van der Waals surface area contributed by atoms with E-state index in [9.17, 15) is 4.79 Å². The van der Waals surface area contributed by atoms with Crippen LogP contribution in [0.5, 0.6) is 17.2 Å². The SMILES string of the molecule is CCCCCCOc1cccc(C(=O)C=Cc2cc(OCCCCCC)ccc2OCCCCCC)c1. The first-order chi connectivity index (χ1) is 18.2. The molecule has 0 unspecified atom stereocenters. The third-order valence-corrected chi connectivity index (χ3v) is 6.30. The van der Waals surface area contributed by atoms with Crippen LogP contribution in [0.3, 0.4) is 0 Å². The predicted molar refractivity (Wildman–Crippen MR) is 155 cm³/mol. The number of allylic oxidation sites excluding steroid dienone is 1. The minimum Gasteiger partial charge on any atom is -0.494 e. The molecule has 0 N–H and O–H groups in total. The summed E-state index contributed by atoms with van der Waals surface area (Å²) in [5.41, 5.74) is 1.48. The van der Waals surface area contributed by atoms with E-state index in [1.54, 1.807) is 6.08 Å². The molecule has 2 aromatic rings. The summed E-state index contributed by atoms with van der Waals surface area (Å²) in [6, 6.07) is 13.3. The molecule has 0 amide bonds. The number of ether oxygens (including phenoxy) is 3. The summed E-state index contributed by atoms with van der Waals surface area (Å²) in [6.07, 6.45) is 17.4. The smallest absolute Gasteiger partial charge is 0.185 e. The Kier molecular flexibility index (Phi) is 16.0. The largest absolute Gasteiger partial charge is 0.494 e. The number of benzene rings is 2. The van der Waals surface area contributed by atoms with E-state index in [4.69, 9.17) is 14.2 Å². The molecule has 204 valence electrons. The second kappa shape index (κ2) is 19.4. The van der Waals surface area contributed by atoms with E-state index in [2.05, 4.69) is 20.8 Å². The molecule has 0 atom stereocenters. The molecular weight excluding hydrogens is 460 g/mol. The summed E-state index contributed by atoms with van der Waals surface area (Å²) in [5.74, 6) is 2.27. The van der Waals surface area contributed by atoms with Gasteiger partial charge in [-0.2, -0.15) is 0 Å². The number of ketones is 1. The average molecular weight is 509 g/mol. The molecule has 4 nitrogen and oxygen atoms in total. The van der Waals surface area contributed by atoms with E-state index < -0.39 is 0 Å². The van der Waals surface area contributed by atoms with E-state index in [0.29, 0.717) is 25.4 Å². The minimum absolute atomic E-state index is 0.0591. The van der Waals surface area contributed by atoms with Crippen LogP contribution in [-0.2, 0) is 0 Å². The van der Waals surface area contributed by atoms with Gasteiger partial charge in [-0.15, -0.1) is 0 Å². The maximum Gasteiger partial charge on any atom is 0.185 e. The highest BCUT2D eigenvalue weighted by atomic mass is 16.5. The zero-order chi connectivity index (χ0) is 26.6. The molecule has 0 spiro atoms. The van der Waals surface area contributed by atoms with Crippen molar-refractivity contribution in [2.24, 2.45) is 0 Å². The highest BCUT2D eigenvalue weighted by Gasteiger charge is 2.08. The molecule has 0 aliphatic heterocycles. The minimum atomic E-state index is -0.0591. The molecule has 2 aromatic carbocycles. The molecule has 0 aromatic heterocycles. The fraction of sp³-hybridized carbons (Fsp3) is 0.545. The van der Waals surface area contributed by atoms with Crippen LogP contribution in [0.4, 0.5) is 0 Å². The molecule has 2 rings (SSSR count). The lowest BCUT2D eigenvalue weighted by Crippen LogP contribution is -2.01. The Morgan fingerprint density at radius 2 is 1.22 bits per heavy atom. The van der Waals surface area contributed by atoms with Crippen LogP contribution in [0.15, 0.2) is 48.5 Å². The summed E-state index contributed by atoms with van der Waals surface area (Å²) in [7, 11) is 0. The van der Waals surface area contributed by atoms with E-state index >= 15 is 0 Å². The van der Waals surface area contributed by atoms with E-state index in [1.165, 1.54) is 51.4 Å². The number of carbonyl (C=O) groups is 1. The summed E-state index contributed by atoms with van der Waals surface area (Å²) in [6.45, 7) is 8.66. The molecule has 0 saturated carbocycles. The van der Waals surface area contributed by atoms with Gasteiger partial charge in [-0.3, -0.25) is 4.79 Å². The Hall–Kier alpha value is -2.75. The van der Waals surface area contributed by atoms with Crippen LogP contribution >= 0.6 is 0 Å². The van der Waals surface area contributed by atoms with Crippen molar-refractivity contribution in [1.29, 1.82) is 0 Å². The predicted octanol–water partition coefficient (Wildman–Crippen LogP) is 9.46. The Morgan fingerprint density at radius 1 is 0.649 bits per heavy atom. The zero-order valence-electron chi connectivity index (χ0n) is 23.4. The van der Waals surface area contributed by atoms with Crippen LogP contribution in [-0.4, -0.2) is 25.6 Å². The fourth-order valence-electron chi connectivity index (χ4n) is 4.03. The van der Waals surface area contributed by atoms with Crippen molar-refractivity contribution < 1.29 is 19.0 Å². The average Bonchev–Trinajstić information content (AvgIpc) is 2.92. The Balaban J connectivity index is 2.05. The monoisotopic (exact) mass is 508 g/mol. The first-order valence-electron chi connectivity index (χ1n) is 14.5. The Labute approximate surface area is 225 Å². The molecule has 0 heterocycles. The van der Waals surface area contributed by atoms with Gasteiger partial charge >= 0.3 is 0 Å². The quantitative estimate of drug-likeness (QED) is 0.0957. The van der Waals surface area contributed by atoms with Gasteiger partial charge in [0.1, 0.15) is 17.2 Å². The zero-order valence-corrected chi connectivity index (χ0v) is 23.4. The fourth-order valence-corrected chi connectivity index (χ4v) is 4.03. The first-order valence-corrected chi connectivity index (χ1v) is 14.5. The Morgan fingerprint density at radius 3 is 1.81 bits per heavy atom. The number of hydrogen-bond donors (Lipinski definition) is 0. The number of carbonyl (C=O) groups excluding carboxylic acids is 1. The molecule has 0 saturated heterocycles. The van der Waals surface area contributed by atoms with Gasteiger partial charge in [0, 0.05) is 11.1 Å². The van der Waals surface area contributed by atoms with E-state index in [0.717, 1.165) is 48.5 Å².